The van der Waals surface area contributed by atoms with Gasteiger partial charge in [0.2, 0.25) is 11.0 Å². The summed E-state index contributed by atoms with van der Waals surface area (Å²) >= 11 is 7.45. The highest BCUT2D eigenvalue weighted by molar-refractivity contribution is 7.09. The summed E-state index contributed by atoms with van der Waals surface area (Å²) in [7, 11) is 0. The Labute approximate surface area is 193 Å². The molecule has 164 valence electrons. The predicted octanol–water partition coefficient (Wildman–Crippen LogP) is 4.65. The molecule has 0 spiro atoms. The number of piperazine rings is 1. The molecule has 5 nitrogen and oxygen atoms in total. The Hall–Kier alpha value is -1.66. The number of hydrogen-bond donors (Lipinski definition) is 0. The molecular weight excluding hydrogens is 428 g/mol. The summed E-state index contributed by atoms with van der Waals surface area (Å²) in [5.74, 6) is 3.77. The lowest BCUT2D eigenvalue weighted by Gasteiger charge is -2.57. The van der Waals surface area contributed by atoms with Gasteiger partial charge in [-0.05, 0) is 74.0 Å². The van der Waals surface area contributed by atoms with E-state index in [2.05, 4.69) is 14.2 Å². The fourth-order valence-electron chi connectivity index (χ4n) is 7.04. The molecule has 1 saturated heterocycles. The van der Waals surface area contributed by atoms with Gasteiger partial charge in [-0.3, -0.25) is 4.79 Å². The second-order valence-corrected chi connectivity index (χ2v) is 11.4. The monoisotopic (exact) mass is 456 g/mol. The van der Waals surface area contributed by atoms with Crippen LogP contribution in [-0.4, -0.2) is 46.3 Å². The predicted molar refractivity (Wildman–Crippen MR) is 124 cm³/mol. The molecular formula is C24H29ClN4OS. The van der Waals surface area contributed by atoms with Crippen molar-refractivity contribution in [2.24, 2.45) is 23.2 Å². The van der Waals surface area contributed by atoms with Crippen LogP contribution in [0.15, 0.2) is 24.3 Å². The Bertz CT molecular complexity index is 931. The van der Waals surface area contributed by atoms with Crippen LogP contribution in [0.2, 0.25) is 5.02 Å². The van der Waals surface area contributed by atoms with Crippen molar-refractivity contribution in [1.82, 2.24) is 14.3 Å². The first-order chi connectivity index (χ1) is 15.1. The minimum absolute atomic E-state index is 0.0224. The van der Waals surface area contributed by atoms with Crippen LogP contribution in [0.25, 0.3) is 0 Å². The van der Waals surface area contributed by atoms with Gasteiger partial charge in [0.25, 0.3) is 0 Å². The lowest BCUT2D eigenvalue weighted by molar-refractivity contribution is -0.158. The number of hydrogen-bond acceptors (Lipinski definition) is 5. The van der Waals surface area contributed by atoms with Crippen molar-refractivity contribution in [2.45, 2.75) is 44.9 Å². The number of nitrogens with zero attached hydrogens (tertiary/aromatic N) is 4. The van der Waals surface area contributed by atoms with E-state index in [4.69, 9.17) is 16.6 Å². The van der Waals surface area contributed by atoms with Gasteiger partial charge in [-0.2, -0.15) is 4.37 Å². The van der Waals surface area contributed by atoms with E-state index in [1.807, 2.05) is 24.3 Å². The number of rotatable bonds is 4. The van der Waals surface area contributed by atoms with Crippen LogP contribution < -0.4 is 4.90 Å². The van der Waals surface area contributed by atoms with Crippen LogP contribution >= 0.6 is 23.1 Å². The summed E-state index contributed by atoms with van der Waals surface area (Å²) in [4.78, 5) is 22.8. The highest BCUT2D eigenvalue weighted by Crippen LogP contribution is 2.60. The van der Waals surface area contributed by atoms with Gasteiger partial charge in [0.1, 0.15) is 5.82 Å². The normalized spacial score (nSPS) is 32.0. The van der Waals surface area contributed by atoms with E-state index >= 15 is 0 Å². The van der Waals surface area contributed by atoms with Gasteiger partial charge in [0.15, 0.2) is 0 Å². The summed E-state index contributed by atoms with van der Waals surface area (Å²) in [6, 6.07) is 7.87. The first-order valence-corrected chi connectivity index (χ1v) is 12.8. The molecule has 4 saturated carbocycles. The number of carbonyl (C=O) groups excluding carboxylic acids is 1. The molecule has 1 aromatic carbocycles. The average molecular weight is 457 g/mol. The molecule has 5 aliphatic rings. The number of halogens is 1. The zero-order valence-electron chi connectivity index (χ0n) is 17.8. The van der Waals surface area contributed by atoms with E-state index in [1.54, 1.807) is 0 Å². The van der Waals surface area contributed by atoms with E-state index < -0.39 is 0 Å². The minimum Gasteiger partial charge on any atom is -0.343 e. The van der Waals surface area contributed by atoms with Gasteiger partial charge in [-0.15, -0.1) is 0 Å². The number of aromatic nitrogens is 2. The molecule has 1 amide bonds. The molecule has 4 bridgehead atoms. The standard InChI is InChI=1S/C24H29ClN4OS/c25-20-3-1-16(2-4-20)12-21-26-23(31-27-21)29-7-5-28(6-8-29)22(30)24-13-17-9-18(14-24)11-19(10-17)15-24/h1-4,17-19H,5-15H2. The van der Waals surface area contributed by atoms with Crippen LogP contribution in [-0.2, 0) is 11.2 Å². The van der Waals surface area contributed by atoms with Crippen molar-refractivity contribution in [3.8, 4) is 0 Å². The Balaban J connectivity index is 1.08. The first kappa shape index (κ1) is 20.0. The van der Waals surface area contributed by atoms with Gasteiger partial charge >= 0.3 is 0 Å². The molecule has 7 heteroatoms. The molecule has 1 aliphatic heterocycles. The number of amides is 1. The molecule has 31 heavy (non-hydrogen) atoms. The molecule has 1 aromatic heterocycles. The first-order valence-electron chi connectivity index (χ1n) is 11.7. The van der Waals surface area contributed by atoms with Crippen molar-refractivity contribution >= 4 is 34.2 Å². The third-order valence-corrected chi connectivity index (χ3v) is 9.13. The van der Waals surface area contributed by atoms with Crippen LogP contribution in [0, 0.1) is 23.2 Å². The highest BCUT2D eigenvalue weighted by Gasteiger charge is 2.55. The highest BCUT2D eigenvalue weighted by atomic mass is 35.5. The van der Waals surface area contributed by atoms with Crippen LogP contribution in [0.4, 0.5) is 5.13 Å². The smallest absolute Gasteiger partial charge is 0.228 e. The topological polar surface area (TPSA) is 49.3 Å². The molecule has 4 aliphatic carbocycles. The van der Waals surface area contributed by atoms with Crippen LogP contribution in [0.5, 0.6) is 0 Å². The third-order valence-electron chi connectivity index (χ3n) is 8.06. The Kier molecular flexibility index (Phi) is 4.98. The van der Waals surface area contributed by atoms with Gasteiger partial charge in [0, 0.05) is 49.2 Å². The van der Waals surface area contributed by atoms with E-state index in [1.165, 1.54) is 36.4 Å². The molecule has 0 atom stereocenters. The van der Waals surface area contributed by atoms with Crippen molar-refractivity contribution in [1.29, 1.82) is 0 Å². The summed E-state index contributed by atoms with van der Waals surface area (Å²) < 4.78 is 4.57. The van der Waals surface area contributed by atoms with Crippen molar-refractivity contribution < 1.29 is 4.79 Å². The summed E-state index contributed by atoms with van der Waals surface area (Å²) in [6.07, 6.45) is 8.34. The zero-order valence-corrected chi connectivity index (χ0v) is 19.4. The second-order valence-electron chi connectivity index (χ2n) is 10.3. The maximum atomic E-state index is 13.6. The van der Waals surface area contributed by atoms with E-state index in [0.717, 1.165) is 85.6 Å². The molecule has 7 rings (SSSR count). The second kappa shape index (κ2) is 7.73. The van der Waals surface area contributed by atoms with E-state index in [9.17, 15) is 4.79 Å². The fourth-order valence-corrected chi connectivity index (χ4v) is 7.90. The minimum atomic E-state index is -0.0224. The number of anilines is 1. The molecule has 0 N–H and O–H groups in total. The molecule has 0 radical (unpaired) electrons. The van der Waals surface area contributed by atoms with Gasteiger partial charge in [-0.25, -0.2) is 4.98 Å². The fraction of sp³-hybridized carbons (Fsp3) is 0.625. The third kappa shape index (κ3) is 3.76. The lowest BCUT2D eigenvalue weighted by atomic mass is 9.49. The lowest BCUT2D eigenvalue weighted by Crippen LogP contribution is -2.58. The van der Waals surface area contributed by atoms with Crippen molar-refractivity contribution in [3.63, 3.8) is 0 Å². The van der Waals surface area contributed by atoms with Crippen molar-refractivity contribution in [2.75, 3.05) is 31.1 Å². The summed E-state index contributed by atoms with van der Waals surface area (Å²) in [5.41, 5.74) is 1.14. The van der Waals surface area contributed by atoms with E-state index in [-0.39, 0.29) is 5.41 Å². The van der Waals surface area contributed by atoms with Crippen LogP contribution in [0.1, 0.15) is 49.9 Å². The van der Waals surface area contributed by atoms with Gasteiger partial charge < -0.3 is 9.80 Å². The Morgan fingerprint density at radius 3 is 2.23 bits per heavy atom. The largest absolute Gasteiger partial charge is 0.343 e. The molecule has 2 aromatic rings. The van der Waals surface area contributed by atoms with E-state index in [0.29, 0.717) is 5.91 Å². The van der Waals surface area contributed by atoms with Crippen molar-refractivity contribution in [3.05, 3.63) is 40.7 Å². The summed E-state index contributed by atoms with van der Waals surface area (Å²) in [5, 5.41) is 1.72. The SMILES string of the molecule is O=C(N1CCN(c2nc(Cc3ccc(Cl)cc3)ns2)CC1)C12CC3CC(CC(C3)C1)C2. The summed E-state index contributed by atoms with van der Waals surface area (Å²) in [6.45, 7) is 3.33. The maximum absolute atomic E-state index is 13.6. The Morgan fingerprint density at radius 1 is 1.00 bits per heavy atom. The zero-order chi connectivity index (χ0) is 21.0. The quantitative estimate of drug-likeness (QED) is 0.672. The molecule has 5 fully saturated rings. The average Bonchev–Trinajstić information content (AvgIpc) is 3.22. The Morgan fingerprint density at radius 2 is 1.61 bits per heavy atom. The maximum Gasteiger partial charge on any atom is 0.228 e. The number of benzene rings is 1. The number of carbonyl (C=O) groups is 1. The van der Waals surface area contributed by atoms with Crippen LogP contribution in [0.3, 0.4) is 0 Å². The molecule has 2 heterocycles. The van der Waals surface area contributed by atoms with Gasteiger partial charge in [0.05, 0.1) is 5.41 Å². The molecule has 0 unspecified atom stereocenters. The van der Waals surface area contributed by atoms with Gasteiger partial charge in [-0.1, -0.05) is 23.7 Å².